The molecule has 2 aromatic rings. The van der Waals surface area contributed by atoms with Gasteiger partial charge in [0.2, 0.25) is 0 Å². The van der Waals surface area contributed by atoms with Crippen molar-refractivity contribution in [2.45, 2.75) is 0 Å². The van der Waals surface area contributed by atoms with Crippen molar-refractivity contribution >= 4 is 16.7 Å². The Morgan fingerprint density at radius 2 is 2.00 bits per heavy atom. The Morgan fingerprint density at radius 1 is 1.25 bits per heavy atom. The number of benzene rings is 1. The quantitative estimate of drug-likeness (QED) is 0.722. The number of nitrogens with zero attached hydrogens (tertiary/aromatic N) is 1. The lowest BCUT2D eigenvalue weighted by atomic mass is 10.1. The monoisotopic (exact) mass is 217 g/mol. The summed E-state index contributed by atoms with van der Waals surface area (Å²) in [4.78, 5) is 15.5. The van der Waals surface area contributed by atoms with Crippen molar-refractivity contribution in [3.8, 4) is 5.75 Å². The van der Waals surface area contributed by atoms with Crippen LogP contribution in [0.25, 0.3) is 10.8 Å². The molecule has 0 aliphatic carbocycles. The Bertz CT molecular complexity index is 537. The summed E-state index contributed by atoms with van der Waals surface area (Å²) in [6.07, 6.45) is 1.63. The average Bonchev–Trinajstić information content (AvgIpc) is 2.36. The van der Waals surface area contributed by atoms with E-state index in [1.165, 1.54) is 14.2 Å². The van der Waals surface area contributed by atoms with Crippen molar-refractivity contribution in [1.82, 2.24) is 4.98 Å². The predicted octanol–water partition coefficient (Wildman–Crippen LogP) is 2.03. The topological polar surface area (TPSA) is 48.4 Å². The molecule has 0 aliphatic heterocycles. The number of methoxy groups -OCH3 is 2. The first-order valence-electron chi connectivity index (χ1n) is 4.78. The number of ether oxygens (including phenoxy) is 2. The van der Waals surface area contributed by atoms with Gasteiger partial charge in [0.1, 0.15) is 0 Å². The first kappa shape index (κ1) is 10.4. The molecule has 0 atom stereocenters. The standard InChI is InChI=1S/C12H11NO3/c1-15-11-9-6-4-3-5-8(9)7-13-10(11)12(14)16-2/h3-7H,1-2H3. The van der Waals surface area contributed by atoms with Crippen molar-refractivity contribution in [3.05, 3.63) is 36.2 Å². The molecular weight excluding hydrogens is 206 g/mol. The molecule has 0 saturated carbocycles. The van der Waals surface area contributed by atoms with Crippen LogP contribution in [0, 0.1) is 0 Å². The third-order valence-electron chi connectivity index (χ3n) is 2.34. The van der Waals surface area contributed by atoms with E-state index in [0.717, 1.165) is 10.8 Å². The van der Waals surface area contributed by atoms with Crippen molar-refractivity contribution in [2.24, 2.45) is 0 Å². The highest BCUT2D eigenvalue weighted by atomic mass is 16.5. The molecule has 1 aromatic heterocycles. The molecule has 16 heavy (non-hydrogen) atoms. The third kappa shape index (κ3) is 1.58. The van der Waals surface area contributed by atoms with E-state index in [1.807, 2.05) is 24.3 Å². The largest absolute Gasteiger partial charge is 0.494 e. The van der Waals surface area contributed by atoms with E-state index in [-0.39, 0.29) is 5.69 Å². The van der Waals surface area contributed by atoms with Crippen LogP contribution in [0.4, 0.5) is 0 Å². The van der Waals surface area contributed by atoms with Gasteiger partial charge in [0.25, 0.3) is 0 Å². The molecule has 0 bridgehead atoms. The Morgan fingerprint density at radius 3 is 2.69 bits per heavy atom. The zero-order chi connectivity index (χ0) is 11.5. The lowest BCUT2D eigenvalue weighted by molar-refractivity contribution is 0.0590. The van der Waals surface area contributed by atoms with Crippen LogP contribution in [0.2, 0.25) is 0 Å². The van der Waals surface area contributed by atoms with E-state index in [1.54, 1.807) is 6.20 Å². The summed E-state index contributed by atoms with van der Waals surface area (Å²) in [5.41, 5.74) is 0.198. The molecule has 1 aromatic carbocycles. The van der Waals surface area contributed by atoms with Crippen molar-refractivity contribution < 1.29 is 14.3 Å². The number of pyridine rings is 1. The number of esters is 1. The number of hydrogen-bond acceptors (Lipinski definition) is 4. The van der Waals surface area contributed by atoms with E-state index in [0.29, 0.717) is 5.75 Å². The normalized spacial score (nSPS) is 10.1. The fraction of sp³-hybridized carbons (Fsp3) is 0.167. The van der Waals surface area contributed by atoms with Gasteiger partial charge in [-0.25, -0.2) is 9.78 Å². The molecule has 2 rings (SSSR count). The summed E-state index contributed by atoms with van der Waals surface area (Å²) in [7, 11) is 2.83. The fourth-order valence-electron chi connectivity index (χ4n) is 1.59. The molecule has 0 aliphatic rings. The van der Waals surface area contributed by atoms with Crippen LogP contribution in [0.1, 0.15) is 10.5 Å². The summed E-state index contributed by atoms with van der Waals surface area (Å²) in [5, 5.41) is 1.77. The van der Waals surface area contributed by atoms with E-state index in [4.69, 9.17) is 4.74 Å². The van der Waals surface area contributed by atoms with Crippen molar-refractivity contribution in [1.29, 1.82) is 0 Å². The molecule has 0 saturated heterocycles. The highest BCUT2D eigenvalue weighted by Crippen LogP contribution is 2.27. The van der Waals surface area contributed by atoms with E-state index < -0.39 is 5.97 Å². The summed E-state index contributed by atoms with van der Waals surface area (Å²) < 4.78 is 9.86. The summed E-state index contributed by atoms with van der Waals surface area (Å²) in [6.45, 7) is 0. The Kier molecular flexibility index (Phi) is 2.72. The zero-order valence-electron chi connectivity index (χ0n) is 9.06. The van der Waals surface area contributed by atoms with Gasteiger partial charge in [0, 0.05) is 17.0 Å². The lowest BCUT2D eigenvalue weighted by Gasteiger charge is -2.08. The van der Waals surface area contributed by atoms with Gasteiger partial charge in [-0.2, -0.15) is 0 Å². The molecular formula is C12H11NO3. The van der Waals surface area contributed by atoms with E-state index in [2.05, 4.69) is 9.72 Å². The molecule has 0 radical (unpaired) electrons. The maximum atomic E-state index is 11.5. The summed E-state index contributed by atoms with van der Waals surface area (Å²) >= 11 is 0. The second-order valence-electron chi connectivity index (χ2n) is 3.22. The summed E-state index contributed by atoms with van der Waals surface area (Å²) in [5.74, 6) is -0.0486. The van der Waals surface area contributed by atoms with Gasteiger partial charge in [-0.15, -0.1) is 0 Å². The molecule has 0 amide bonds. The second-order valence-corrected chi connectivity index (χ2v) is 3.22. The maximum Gasteiger partial charge on any atom is 0.360 e. The Balaban J connectivity index is 2.72. The first-order valence-corrected chi connectivity index (χ1v) is 4.78. The van der Waals surface area contributed by atoms with Crippen LogP contribution in [0.5, 0.6) is 5.75 Å². The van der Waals surface area contributed by atoms with Gasteiger partial charge in [-0.3, -0.25) is 0 Å². The molecule has 82 valence electrons. The van der Waals surface area contributed by atoms with Crippen molar-refractivity contribution in [3.63, 3.8) is 0 Å². The van der Waals surface area contributed by atoms with Gasteiger partial charge >= 0.3 is 5.97 Å². The van der Waals surface area contributed by atoms with Gasteiger partial charge in [0.05, 0.1) is 14.2 Å². The molecule has 0 N–H and O–H groups in total. The van der Waals surface area contributed by atoms with Gasteiger partial charge in [0.15, 0.2) is 11.4 Å². The van der Waals surface area contributed by atoms with Crippen LogP contribution >= 0.6 is 0 Å². The highest BCUT2D eigenvalue weighted by Gasteiger charge is 2.16. The molecule has 4 nitrogen and oxygen atoms in total. The molecule has 0 fully saturated rings. The first-order chi connectivity index (χ1) is 7.77. The Labute approximate surface area is 92.8 Å². The minimum absolute atomic E-state index is 0.198. The van der Waals surface area contributed by atoms with Crippen LogP contribution < -0.4 is 4.74 Å². The lowest BCUT2D eigenvalue weighted by Crippen LogP contribution is -2.07. The predicted molar refractivity (Wildman–Crippen MR) is 59.6 cm³/mol. The molecule has 4 heteroatoms. The number of rotatable bonds is 2. The number of carbonyl (C=O) groups excluding carboxylic acids is 1. The average molecular weight is 217 g/mol. The van der Waals surface area contributed by atoms with Gasteiger partial charge in [-0.1, -0.05) is 24.3 Å². The number of carbonyl (C=O) groups is 1. The number of fused-ring (bicyclic) bond motifs is 1. The van der Waals surface area contributed by atoms with Gasteiger partial charge in [-0.05, 0) is 0 Å². The van der Waals surface area contributed by atoms with Gasteiger partial charge < -0.3 is 9.47 Å². The van der Waals surface area contributed by atoms with Crippen LogP contribution in [0.15, 0.2) is 30.5 Å². The number of hydrogen-bond donors (Lipinski definition) is 0. The number of aromatic nitrogens is 1. The smallest absolute Gasteiger partial charge is 0.360 e. The zero-order valence-corrected chi connectivity index (χ0v) is 9.06. The van der Waals surface area contributed by atoms with Crippen LogP contribution in [-0.4, -0.2) is 25.2 Å². The third-order valence-corrected chi connectivity index (χ3v) is 2.34. The fourth-order valence-corrected chi connectivity index (χ4v) is 1.59. The minimum Gasteiger partial charge on any atom is -0.494 e. The van der Waals surface area contributed by atoms with Crippen LogP contribution in [0.3, 0.4) is 0 Å². The highest BCUT2D eigenvalue weighted by molar-refractivity contribution is 5.99. The van der Waals surface area contributed by atoms with Crippen molar-refractivity contribution in [2.75, 3.05) is 14.2 Å². The second kappa shape index (κ2) is 4.18. The SMILES string of the molecule is COC(=O)c1ncc2ccccc2c1OC. The van der Waals surface area contributed by atoms with Crippen LogP contribution in [-0.2, 0) is 4.74 Å². The molecule has 1 heterocycles. The van der Waals surface area contributed by atoms with E-state index in [9.17, 15) is 4.79 Å². The maximum absolute atomic E-state index is 11.5. The minimum atomic E-state index is -0.498. The molecule has 0 unspecified atom stereocenters. The summed E-state index contributed by atoms with van der Waals surface area (Å²) in [6, 6.07) is 7.57. The Hall–Kier alpha value is -2.10. The molecule has 0 spiro atoms. The van der Waals surface area contributed by atoms with E-state index >= 15 is 0 Å².